The summed E-state index contributed by atoms with van der Waals surface area (Å²) in [5.41, 5.74) is 0. The van der Waals surface area contributed by atoms with Crippen molar-refractivity contribution in [2.75, 3.05) is 0 Å². The van der Waals surface area contributed by atoms with Gasteiger partial charge in [0.05, 0.1) is 5.97 Å². The molecule has 0 rings (SSSR count). The summed E-state index contributed by atoms with van der Waals surface area (Å²) in [4.78, 5) is 9.90. The van der Waals surface area contributed by atoms with E-state index in [1.807, 2.05) is 6.92 Å². The molecule has 0 heterocycles. The molecule has 0 bridgehead atoms. The first-order chi connectivity index (χ1) is 5.16. The third-order valence-electron chi connectivity index (χ3n) is 1.25. The molecule has 0 aliphatic rings. The van der Waals surface area contributed by atoms with Crippen LogP contribution in [0.1, 0.15) is 26.2 Å². The predicted octanol–water partition coefficient (Wildman–Crippen LogP) is -1.91. The van der Waals surface area contributed by atoms with E-state index < -0.39 is 5.97 Å². The Morgan fingerprint density at radius 3 is 2.67 bits per heavy atom. The van der Waals surface area contributed by atoms with Crippen molar-refractivity contribution in [2.45, 2.75) is 31.6 Å². The summed E-state index contributed by atoms with van der Waals surface area (Å²) in [7, 11) is 0. The van der Waals surface area contributed by atoms with Crippen molar-refractivity contribution in [3.05, 3.63) is 12.2 Å². The quantitative estimate of drug-likeness (QED) is 0.294. The Bertz CT molecular complexity index is 148. The van der Waals surface area contributed by atoms with Crippen LogP contribution in [0.25, 0.3) is 0 Å². The van der Waals surface area contributed by atoms with Crippen molar-refractivity contribution in [1.29, 1.82) is 0 Å². The largest absolute Gasteiger partial charge is 1.00 e. The summed E-state index contributed by atoms with van der Waals surface area (Å²) < 4.78 is 0. The molecule has 0 aliphatic carbocycles. The van der Waals surface area contributed by atoms with Gasteiger partial charge in [-0.25, -0.2) is 0 Å². The van der Waals surface area contributed by atoms with E-state index in [9.17, 15) is 9.90 Å². The van der Waals surface area contributed by atoms with Crippen molar-refractivity contribution in [3.63, 3.8) is 0 Å². The smallest absolute Gasteiger partial charge is 0.545 e. The molecule has 0 aliphatic heterocycles. The van der Waals surface area contributed by atoms with Gasteiger partial charge < -0.3 is 9.90 Å². The van der Waals surface area contributed by atoms with Gasteiger partial charge in [-0.3, -0.25) is 0 Å². The molecule has 0 aromatic carbocycles. The number of hydrogen-bond donors (Lipinski definition) is 0. The van der Waals surface area contributed by atoms with Crippen LogP contribution in [0.5, 0.6) is 0 Å². The van der Waals surface area contributed by atoms with Gasteiger partial charge in [-0.15, -0.1) is 11.6 Å². The van der Waals surface area contributed by atoms with E-state index in [2.05, 4.69) is 0 Å². The van der Waals surface area contributed by atoms with E-state index in [0.29, 0.717) is 6.42 Å². The van der Waals surface area contributed by atoms with E-state index >= 15 is 0 Å². The molecule has 12 heavy (non-hydrogen) atoms. The molecule has 0 spiro atoms. The van der Waals surface area contributed by atoms with Gasteiger partial charge in [-0.05, 0) is 18.9 Å². The molecule has 2 nitrogen and oxygen atoms in total. The van der Waals surface area contributed by atoms with Crippen LogP contribution in [0.4, 0.5) is 0 Å². The van der Waals surface area contributed by atoms with Gasteiger partial charge >= 0.3 is 29.6 Å². The Labute approximate surface area is 100 Å². The van der Waals surface area contributed by atoms with Gasteiger partial charge in [-0.1, -0.05) is 19.4 Å². The zero-order valence-electron chi connectivity index (χ0n) is 7.55. The fraction of sp³-hybridized carbons (Fsp3) is 0.625. The molecule has 0 N–H and O–H groups in total. The topological polar surface area (TPSA) is 40.1 Å². The molecule has 0 aromatic rings. The molecule has 4 heteroatoms. The first-order valence-electron chi connectivity index (χ1n) is 3.68. The minimum atomic E-state index is -1.16. The molecule has 64 valence electrons. The van der Waals surface area contributed by atoms with Gasteiger partial charge in [0.15, 0.2) is 0 Å². The third-order valence-corrected chi connectivity index (χ3v) is 1.64. The number of allylic oxidation sites excluding steroid dienone is 1. The average molecular weight is 199 g/mol. The molecule has 0 amide bonds. The summed E-state index contributed by atoms with van der Waals surface area (Å²) in [6, 6.07) is 0. The van der Waals surface area contributed by atoms with E-state index in [1.165, 1.54) is 6.08 Å². The first-order valence-corrected chi connectivity index (χ1v) is 4.12. The van der Waals surface area contributed by atoms with Crippen molar-refractivity contribution >= 4 is 17.6 Å². The number of aliphatic carboxylic acids is 1. The van der Waals surface area contributed by atoms with Crippen LogP contribution in [0.15, 0.2) is 12.2 Å². The Morgan fingerprint density at radius 2 is 2.25 bits per heavy atom. The maximum Gasteiger partial charge on any atom is 1.00 e. The maximum atomic E-state index is 9.90. The van der Waals surface area contributed by atoms with Gasteiger partial charge in [0.1, 0.15) is 0 Å². The molecular weight excluding hydrogens is 187 g/mol. The van der Waals surface area contributed by atoms with Crippen molar-refractivity contribution in [3.8, 4) is 0 Å². The number of carboxylic acid groups (broad SMARTS) is 1. The fourth-order valence-electron chi connectivity index (χ4n) is 0.743. The van der Waals surface area contributed by atoms with Crippen molar-refractivity contribution in [1.82, 2.24) is 0 Å². The minimum absolute atomic E-state index is 0. The molecule has 0 saturated heterocycles. The number of carbonyl (C=O) groups excluding carboxylic acids is 1. The number of halogens is 1. The van der Waals surface area contributed by atoms with Crippen molar-refractivity contribution < 1.29 is 39.5 Å². The molecule has 0 fully saturated rings. The van der Waals surface area contributed by atoms with E-state index in [0.717, 1.165) is 18.9 Å². The van der Waals surface area contributed by atoms with E-state index in [1.54, 1.807) is 0 Å². The van der Waals surface area contributed by atoms with Gasteiger partial charge in [0, 0.05) is 5.38 Å². The molecular formula is C8H12ClNaO2. The second-order valence-electron chi connectivity index (χ2n) is 2.34. The van der Waals surface area contributed by atoms with Crippen LogP contribution in [-0.2, 0) is 4.79 Å². The molecule has 0 saturated carbocycles. The molecule has 1 atom stereocenters. The fourth-order valence-corrected chi connectivity index (χ4v) is 1.06. The van der Waals surface area contributed by atoms with Gasteiger partial charge in [0.25, 0.3) is 0 Å². The van der Waals surface area contributed by atoms with Crippen LogP contribution < -0.4 is 34.7 Å². The third kappa shape index (κ3) is 10.5. The van der Waals surface area contributed by atoms with E-state index in [4.69, 9.17) is 11.6 Å². The average Bonchev–Trinajstić information content (AvgIpc) is 1.87. The minimum Gasteiger partial charge on any atom is -0.545 e. The van der Waals surface area contributed by atoms with Crippen molar-refractivity contribution in [2.24, 2.45) is 0 Å². The van der Waals surface area contributed by atoms with Crippen LogP contribution in [0.2, 0.25) is 0 Å². The zero-order valence-corrected chi connectivity index (χ0v) is 10.3. The Hall–Kier alpha value is 0.500. The number of carboxylic acids is 1. The summed E-state index contributed by atoms with van der Waals surface area (Å²) in [6.45, 7) is 2.04. The Morgan fingerprint density at radius 1 is 1.67 bits per heavy atom. The number of rotatable bonds is 5. The number of hydrogen-bond acceptors (Lipinski definition) is 2. The number of alkyl halides is 1. The Balaban J connectivity index is 0. The van der Waals surface area contributed by atoms with Gasteiger partial charge in [-0.2, -0.15) is 0 Å². The standard InChI is InChI=1S/C8H13ClO2.Na/c1-2-4-7(9)5-3-6-8(10)11;/h3,6-7H,2,4-5H2,1H3,(H,10,11);/q;+1/p-1/b6-3+;. The second kappa shape index (κ2) is 9.59. The normalized spacial score (nSPS) is 12.5. The Kier molecular flexibility index (Phi) is 12.0. The zero-order chi connectivity index (χ0) is 8.69. The second-order valence-corrected chi connectivity index (χ2v) is 2.96. The van der Waals surface area contributed by atoms with Crippen LogP contribution in [0.3, 0.4) is 0 Å². The van der Waals surface area contributed by atoms with Crippen LogP contribution in [0, 0.1) is 0 Å². The molecule has 1 unspecified atom stereocenters. The van der Waals surface area contributed by atoms with E-state index in [-0.39, 0.29) is 34.9 Å². The summed E-state index contributed by atoms with van der Waals surface area (Å²) in [5, 5.41) is 9.95. The van der Waals surface area contributed by atoms with Crippen LogP contribution in [-0.4, -0.2) is 11.3 Å². The SMILES string of the molecule is CCCC(Cl)C/C=C/C(=O)[O-].[Na+]. The molecule has 0 aromatic heterocycles. The summed E-state index contributed by atoms with van der Waals surface area (Å²) in [5.74, 6) is -1.16. The van der Waals surface area contributed by atoms with Gasteiger partial charge in [0.2, 0.25) is 0 Å². The van der Waals surface area contributed by atoms with Crippen LogP contribution >= 0.6 is 11.6 Å². The number of carbonyl (C=O) groups is 1. The predicted molar refractivity (Wildman–Crippen MR) is 43.3 cm³/mol. The monoisotopic (exact) mass is 198 g/mol. The summed E-state index contributed by atoms with van der Waals surface area (Å²) >= 11 is 5.80. The molecule has 0 radical (unpaired) electrons. The summed E-state index contributed by atoms with van der Waals surface area (Å²) in [6.07, 6.45) is 5.09. The first kappa shape index (κ1) is 15.0. The maximum absolute atomic E-state index is 9.90.